The maximum Gasteiger partial charge on any atom is 0.460 e. The van der Waals surface area contributed by atoms with Crippen LogP contribution in [0.4, 0.5) is 52.7 Å². The minimum absolute atomic E-state index is 0. The third-order valence-corrected chi connectivity index (χ3v) is 1.42. The molecule has 0 unspecified atom stereocenters. The maximum atomic E-state index is 12.3. The second-order valence-electron chi connectivity index (χ2n) is 2.76. The number of hydrogen-bond donors (Lipinski definition) is 0. The van der Waals surface area contributed by atoms with Gasteiger partial charge in [-0.3, -0.25) is 0 Å². The first-order valence-corrected chi connectivity index (χ1v) is 3.52. The molecule has 0 aliphatic carbocycles. The van der Waals surface area contributed by atoms with Gasteiger partial charge >= 0.3 is 24.5 Å². The van der Waals surface area contributed by atoms with Crippen LogP contribution in [0.25, 0.3) is 0 Å². The highest BCUT2D eigenvalue weighted by Gasteiger charge is 2.67. The van der Waals surface area contributed by atoms with Crippen molar-refractivity contribution in [3.8, 4) is 0 Å². The van der Waals surface area contributed by atoms with E-state index < -0.39 is 35.9 Å². The highest BCUT2D eigenvalue weighted by Crippen LogP contribution is 2.49. The van der Waals surface area contributed by atoms with Gasteiger partial charge in [0.2, 0.25) is 0 Å². The summed E-state index contributed by atoms with van der Waals surface area (Å²) in [4.78, 5) is 0. The van der Waals surface area contributed by atoms with Crippen molar-refractivity contribution in [3.05, 3.63) is 11.4 Å². The predicted molar refractivity (Wildman–Crippen MR) is 34.9 cm³/mol. The lowest BCUT2D eigenvalue weighted by Gasteiger charge is -2.22. The third kappa shape index (κ3) is 4.18. The fourth-order valence-electron chi connectivity index (χ4n) is 0.691. The minimum Gasteiger partial charge on any atom is -0.412 e. The minimum atomic E-state index is -6.93. The highest BCUT2D eigenvalue weighted by atomic mass is 19.4. The normalized spacial score (nSPS) is 13.9. The Labute approximate surface area is 95.3 Å². The van der Waals surface area contributed by atoms with Crippen molar-refractivity contribution in [1.82, 2.24) is 0 Å². The average Bonchev–Trinajstić information content (AvgIpc) is 1.95. The molecular weight excluding hydrogens is 316 g/mol. The van der Waals surface area contributed by atoms with Gasteiger partial charge in [-0.1, -0.05) is 0 Å². The summed E-state index contributed by atoms with van der Waals surface area (Å²) in [5.41, 5.74) is -4.53. The maximum absolute atomic E-state index is 12.3. The van der Waals surface area contributed by atoms with Crippen LogP contribution < -0.4 is 0 Å². The van der Waals surface area contributed by atoms with Gasteiger partial charge in [0.1, 0.15) is 0 Å². The first-order chi connectivity index (χ1) is 7.53. The highest BCUT2D eigenvalue weighted by molar-refractivity contribution is 5.25. The molecule has 0 amide bonds. The number of rotatable bonds is 1. The smallest absolute Gasteiger partial charge is 0.412 e. The molecule has 13 heteroatoms. The quantitative estimate of drug-likeness (QED) is 0.660. The molecule has 19 heavy (non-hydrogen) atoms. The van der Waals surface area contributed by atoms with E-state index in [9.17, 15) is 52.7 Å². The summed E-state index contributed by atoms with van der Waals surface area (Å²) in [6, 6.07) is 0. The van der Waals surface area contributed by atoms with Crippen LogP contribution in [0.2, 0.25) is 0 Å². The van der Waals surface area contributed by atoms with Crippen molar-refractivity contribution in [3.63, 3.8) is 0 Å². The zero-order chi connectivity index (χ0) is 15.2. The Morgan fingerprint density at radius 3 is 1.00 bits per heavy atom. The van der Waals surface area contributed by atoms with Gasteiger partial charge in [-0.05, 0) is 0 Å². The number of allylic oxidation sites excluding steroid dienone is 2. The Balaban J connectivity index is 0. The molecule has 2 N–H and O–H groups in total. The van der Waals surface area contributed by atoms with E-state index in [1.54, 1.807) is 0 Å². The Hall–Kier alpha value is -1.14. The molecule has 0 heterocycles. The van der Waals surface area contributed by atoms with E-state index in [2.05, 4.69) is 0 Å². The average molecular weight is 318 g/mol. The topological polar surface area (TPSA) is 31.5 Å². The SMILES string of the molecule is FC(=C(C(F)(F)F)C(F)(F)F)C(F)(F)C(F)(F)F.O. The van der Waals surface area contributed by atoms with Crippen LogP contribution in [0, 0.1) is 0 Å². The Morgan fingerprint density at radius 1 is 0.579 bits per heavy atom. The zero-order valence-corrected chi connectivity index (χ0v) is 8.04. The zero-order valence-electron chi connectivity index (χ0n) is 8.04. The van der Waals surface area contributed by atoms with E-state index in [4.69, 9.17) is 0 Å². The summed E-state index contributed by atoms with van der Waals surface area (Å²) in [6.07, 6.45) is -20.4. The second-order valence-corrected chi connectivity index (χ2v) is 2.76. The van der Waals surface area contributed by atoms with E-state index in [1.165, 1.54) is 0 Å². The molecule has 0 saturated carbocycles. The van der Waals surface area contributed by atoms with Gasteiger partial charge in [0.05, 0.1) is 0 Å². The molecule has 0 aromatic heterocycles. The van der Waals surface area contributed by atoms with Crippen LogP contribution in [0.5, 0.6) is 0 Å². The first-order valence-electron chi connectivity index (χ1n) is 3.52. The van der Waals surface area contributed by atoms with Gasteiger partial charge in [0.15, 0.2) is 11.4 Å². The van der Waals surface area contributed by atoms with Gasteiger partial charge < -0.3 is 5.48 Å². The fraction of sp³-hybridized carbons (Fsp3) is 0.667. The summed E-state index contributed by atoms with van der Waals surface area (Å²) in [5.74, 6) is -11.5. The van der Waals surface area contributed by atoms with E-state index in [1.807, 2.05) is 0 Å². The van der Waals surface area contributed by atoms with Crippen LogP contribution in [-0.4, -0.2) is 29.9 Å². The van der Waals surface area contributed by atoms with Crippen molar-refractivity contribution >= 4 is 0 Å². The van der Waals surface area contributed by atoms with E-state index >= 15 is 0 Å². The molecule has 0 aliphatic rings. The van der Waals surface area contributed by atoms with Gasteiger partial charge in [-0.25, -0.2) is 4.39 Å². The van der Waals surface area contributed by atoms with Crippen molar-refractivity contribution in [2.24, 2.45) is 0 Å². The third-order valence-electron chi connectivity index (χ3n) is 1.42. The van der Waals surface area contributed by atoms with E-state index in [-0.39, 0.29) is 5.48 Å². The molecule has 0 radical (unpaired) electrons. The first kappa shape index (κ1) is 20.2. The lowest BCUT2D eigenvalue weighted by Crippen LogP contribution is -2.41. The molecule has 0 aromatic rings. The van der Waals surface area contributed by atoms with Gasteiger partial charge in [0.25, 0.3) is 0 Å². The molecule has 0 saturated heterocycles. The molecule has 0 fully saturated rings. The lowest BCUT2D eigenvalue weighted by molar-refractivity contribution is -0.274. The van der Waals surface area contributed by atoms with Gasteiger partial charge in [-0.15, -0.1) is 0 Å². The number of halogens is 12. The molecule has 0 aromatic carbocycles. The molecule has 0 atom stereocenters. The van der Waals surface area contributed by atoms with Gasteiger partial charge in [0, 0.05) is 0 Å². The molecule has 0 aliphatic heterocycles. The van der Waals surface area contributed by atoms with E-state index in [0.29, 0.717) is 0 Å². The van der Waals surface area contributed by atoms with Gasteiger partial charge in [-0.2, -0.15) is 48.3 Å². The van der Waals surface area contributed by atoms with Crippen molar-refractivity contribution in [2.45, 2.75) is 24.5 Å². The molecule has 0 rings (SSSR count). The van der Waals surface area contributed by atoms with Crippen LogP contribution in [0.15, 0.2) is 11.4 Å². The summed E-state index contributed by atoms with van der Waals surface area (Å²) in [7, 11) is 0. The molecule has 0 bridgehead atoms. The monoisotopic (exact) mass is 318 g/mol. The Bertz CT molecular complexity index is 325. The summed E-state index contributed by atoms with van der Waals surface area (Å²) in [5, 5.41) is 0. The van der Waals surface area contributed by atoms with E-state index in [0.717, 1.165) is 0 Å². The van der Waals surface area contributed by atoms with Crippen LogP contribution >= 0.6 is 0 Å². The summed E-state index contributed by atoms with van der Waals surface area (Å²) >= 11 is 0. The van der Waals surface area contributed by atoms with Crippen molar-refractivity contribution < 1.29 is 58.2 Å². The van der Waals surface area contributed by atoms with Crippen molar-refractivity contribution in [1.29, 1.82) is 0 Å². The molecule has 1 nitrogen and oxygen atoms in total. The molecule has 0 spiro atoms. The van der Waals surface area contributed by atoms with Crippen LogP contribution in [-0.2, 0) is 0 Å². The largest absolute Gasteiger partial charge is 0.460 e. The predicted octanol–water partition coefficient (Wildman–Crippen LogP) is 3.71. The van der Waals surface area contributed by atoms with Crippen molar-refractivity contribution in [2.75, 3.05) is 0 Å². The lowest BCUT2D eigenvalue weighted by atomic mass is 10.1. The van der Waals surface area contributed by atoms with Crippen LogP contribution in [0.1, 0.15) is 0 Å². The standard InChI is InChI=1S/C6F12.H2O/c7-2(3(8,9)6(16,17)18)1(4(10,11)12)5(13,14)15;/h;1H2. The second kappa shape index (κ2) is 5.09. The number of alkyl halides is 11. The molecule has 116 valence electrons. The summed E-state index contributed by atoms with van der Waals surface area (Å²) in [6.45, 7) is 0. The fourth-order valence-corrected chi connectivity index (χ4v) is 0.691. The van der Waals surface area contributed by atoms with Crippen LogP contribution in [0.3, 0.4) is 0 Å². The Morgan fingerprint density at radius 2 is 0.842 bits per heavy atom. The summed E-state index contributed by atoms with van der Waals surface area (Å²) < 4.78 is 141. The number of hydrogen-bond acceptors (Lipinski definition) is 0. The molecular formula is C6H2F12O. The Kier molecular flexibility index (Phi) is 5.41.